The molecule has 0 saturated carbocycles. The number of carbonyl (C=O) groups excluding carboxylic acids is 2. The normalized spacial score (nSPS) is 11.6. The maximum atomic E-state index is 13.8. The summed E-state index contributed by atoms with van der Waals surface area (Å²) >= 11 is 1.34. The molecule has 0 aliphatic heterocycles. The van der Waals surface area contributed by atoms with E-state index in [0.29, 0.717) is 24.4 Å². The maximum Gasteiger partial charge on any atom is 0.242 e. The van der Waals surface area contributed by atoms with E-state index in [1.807, 2.05) is 31.2 Å². The van der Waals surface area contributed by atoms with Crippen molar-refractivity contribution in [3.63, 3.8) is 0 Å². The standard InChI is InChI=1S/C23H29FN2O3S/c1-4-13-25-23(28)17(2)26(14-18-9-11-20(29-3)12-10-18)22(27)16-30-15-19-7-5-6-8-21(19)24/h5-12,17H,4,13-16H2,1-3H3,(H,25,28). The molecule has 1 N–H and O–H groups in total. The Balaban J connectivity index is 2.06. The molecule has 0 spiro atoms. The predicted octanol–water partition coefficient (Wildman–Crippen LogP) is 4.01. The van der Waals surface area contributed by atoms with Gasteiger partial charge < -0.3 is 15.0 Å². The van der Waals surface area contributed by atoms with Crippen molar-refractivity contribution in [2.75, 3.05) is 19.4 Å². The highest BCUT2D eigenvalue weighted by Crippen LogP contribution is 2.19. The number of carbonyl (C=O) groups is 2. The topological polar surface area (TPSA) is 58.6 Å². The van der Waals surface area contributed by atoms with E-state index in [9.17, 15) is 14.0 Å². The van der Waals surface area contributed by atoms with Gasteiger partial charge in [-0.25, -0.2) is 4.39 Å². The summed E-state index contributed by atoms with van der Waals surface area (Å²) in [4.78, 5) is 27.0. The van der Waals surface area contributed by atoms with Gasteiger partial charge in [0.2, 0.25) is 11.8 Å². The molecule has 2 rings (SSSR count). The fourth-order valence-corrected chi connectivity index (χ4v) is 3.75. The Hall–Kier alpha value is -2.54. The molecule has 0 fully saturated rings. The maximum absolute atomic E-state index is 13.8. The highest BCUT2D eigenvalue weighted by atomic mass is 32.2. The third-order valence-electron chi connectivity index (χ3n) is 4.67. The summed E-state index contributed by atoms with van der Waals surface area (Å²) in [5.74, 6) is 0.663. The average molecular weight is 433 g/mol. The summed E-state index contributed by atoms with van der Waals surface area (Å²) in [7, 11) is 1.60. The molecule has 162 valence electrons. The Morgan fingerprint density at radius 1 is 1.17 bits per heavy atom. The molecule has 0 radical (unpaired) electrons. The summed E-state index contributed by atoms with van der Waals surface area (Å²) in [5, 5.41) is 2.85. The molecule has 0 aromatic heterocycles. The first-order valence-electron chi connectivity index (χ1n) is 9.97. The van der Waals surface area contributed by atoms with Crippen LogP contribution in [0.15, 0.2) is 48.5 Å². The summed E-state index contributed by atoms with van der Waals surface area (Å²) in [6, 6.07) is 13.3. The van der Waals surface area contributed by atoms with Gasteiger partial charge in [0.1, 0.15) is 17.6 Å². The summed E-state index contributed by atoms with van der Waals surface area (Å²) < 4.78 is 19.0. The number of ether oxygens (including phenoxy) is 1. The Morgan fingerprint density at radius 2 is 1.87 bits per heavy atom. The zero-order valence-corrected chi connectivity index (χ0v) is 18.5. The molecule has 2 aromatic carbocycles. The van der Waals surface area contributed by atoms with Crippen LogP contribution in [0.4, 0.5) is 4.39 Å². The van der Waals surface area contributed by atoms with Crippen LogP contribution in [0.1, 0.15) is 31.4 Å². The zero-order chi connectivity index (χ0) is 21.9. The van der Waals surface area contributed by atoms with Crippen molar-refractivity contribution in [1.82, 2.24) is 10.2 Å². The van der Waals surface area contributed by atoms with Crippen LogP contribution in [0, 0.1) is 5.82 Å². The van der Waals surface area contributed by atoms with Crippen LogP contribution in [0.25, 0.3) is 0 Å². The second kappa shape index (κ2) is 12.2. The lowest BCUT2D eigenvalue weighted by molar-refractivity contribution is -0.138. The lowest BCUT2D eigenvalue weighted by Gasteiger charge is -2.28. The van der Waals surface area contributed by atoms with Gasteiger partial charge in [-0.15, -0.1) is 11.8 Å². The fourth-order valence-electron chi connectivity index (χ4n) is 2.85. The highest BCUT2D eigenvalue weighted by Gasteiger charge is 2.25. The van der Waals surface area contributed by atoms with Crippen LogP contribution < -0.4 is 10.1 Å². The van der Waals surface area contributed by atoms with Crippen LogP contribution in [0.3, 0.4) is 0 Å². The first-order valence-corrected chi connectivity index (χ1v) is 11.1. The number of halogens is 1. The van der Waals surface area contributed by atoms with Crippen LogP contribution in [0.5, 0.6) is 5.75 Å². The molecule has 1 unspecified atom stereocenters. The molecule has 30 heavy (non-hydrogen) atoms. The van der Waals surface area contributed by atoms with Gasteiger partial charge in [0.25, 0.3) is 0 Å². The number of thioether (sulfide) groups is 1. The minimum atomic E-state index is -0.611. The van der Waals surface area contributed by atoms with Gasteiger partial charge >= 0.3 is 0 Å². The van der Waals surface area contributed by atoms with Gasteiger partial charge in [0.05, 0.1) is 12.9 Å². The molecule has 7 heteroatoms. The van der Waals surface area contributed by atoms with Gasteiger partial charge in [-0.05, 0) is 42.7 Å². The number of benzene rings is 2. The van der Waals surface area contributed by atoms with Crippen LogP contribution >= 0.6 is 11.8 Å². The van der Waals surface area contributed by atoms with E-state index in [0.717, 1.165) is 17.7 Å². The van der Waals surface area contributed by atoms with E-state index in [2.05, 4.69) is 5.32 Å². The van der Waals surface area contributed by atoms with Gasteiger partial charge in [-0.1, -0.05) is 37.3 Å². The lowest BCUT2D eigenvalue weighted by Crippen LogP contribution is -2.48. The molecule has 0 bridgehead atoms. The molecule has 0 saturated heterocycles. The Kier molecular flexibility index (Phi) is 9.67. The first kappa shape index (κ1) is 23.7. The van der Waals surface area contributed by atoms with E-state index >= 15 is 0 Å². The van der Waals surface area contributed by atoms with Gasteiger partial charge in [0, 0.05) is 18.8 Å². The van der Waals surface area contributed by atoms with Crippen molar-refractivity contribution in [3.05, 3.63) is 65.5 Å². The van der Waals surface area contributed by atoms with Gasteiger partial charge in [-0.3, -0.25) is 9.59 Å². The molecule has 5 nitrogen and oxygen atoms in total. The molecular formula is C23H29FN2O3S. The van der Waals surface area contributed by atoms with E-state index in [1.54, 1.807) is 37.1 Å². The lowest BCUT2D eigenvalue weighted by atomic mass is 10.1. The number of amides is 2. The fraction of sp³-hybridized carbons (Fsp3) is 0.391. The smallest absolute Gasteiger partial charge is 0.242 e. The summed E-state index contributed by atoms with van der Waals surface area (Å²) in [6.07, 6.45) is 0.823. The second-order valence-electron chi connectivity index (χ2n) is 6.92. The first-order chi connectivity index (χ1) is 14.5. The van der Waals surface area contributed by atoms with E-state index in [4.69, 9.17) is 4.74 Å². The van der Waals surface area contributed by atoms with E-state index < -0.39 is 6.04 Å². The van der Waals surface area contributed by atoms with Crippen LogP contribution in [0.2, 0.25) is 0 Å². The molecule has 2 amide bonds. The minimum absolute atomic E-state index is 0.161. The molecule has 0 heterocycles. The van der Waals surface area contributed by atoms with Gasteiger partial charge in [0.15, 0.2) is 0 Å². The van der Waals surface area contributed by atoms with Crippen molar-refractivity contribution >= 4 is 23.6 Å². The SMILES string of the molecule is CCCNC(=O)C(C)N(Cc1ccc(OC)cc1)C(=O)CSCc1ccccc1F. The molecule has 0 aliphatic carbocycles. The Labute approximate surface area is 182 Å². The van der Waals surface area contributed by atoms with E-state index in [1.165, 1.54) is 17.8 Å². The largest absolute Gasteiger partial charge is 0.497 e. The molecule has 1 atom stereocenters. The van der Waals surface area contributed by atoms with E-state index in [-0.39, 0.29) is 23.4 Å². The zero-order valence-electron chi connectivity index (χ0n) is 17.7. The quantitative estimate of drug-likeness (QED) is 0.583. The van der Waals surface area contributed by atoms with Crippen molar-refractivity contribution in [2.45, 2.75) is 38.6 Å². The summed E-state index contributed by atoms with van der Waals surface area (Å²) in [6.45, 7) is 4.58. The number of nitrogens with zero attached hydrogens (tertiary/aromatic N) is 1. The van der Waals surface area contributed by atoms with Crippen molar-refractivity contribution in [3.8, 4) is 5.75 Å². The average Bonchev–Trinajstić information content (AvgIpc) is 2.76. The third kappa shape index (κ3) is 7.06. The highest BCUT2D eigenvalue weighted by molar-refractivity contribution is 7.99. The molecular weight excluding hydrogens is 403 g/mol. The van der Waals surface area contributed by atoms with Crippen molar-refractivity contribution in [1.29, 1.82) is 0 Å². The number of hydrogen-bond acceptors (Lipinski definition) is 4. The Morgan fingerprint density at radius 3 is 2.50 bits per heavy atom. The van der Waals surface area contributed by atoms with Crippen molar-refractivity contribution in [2.24, 2.45) is 0 Å². The monoisotopic (exact) mass is 432 g/mol. The second-order valence-corrected chi connectivity index (χ2v) is 7.91. The van der Waals surface area contributed by atoms with Crippen LogP contribution in [-0.2, 0) is 21.9 Å². The van der Waals surface area contributed by atoms with Gasteiger partial charge in [-0.2, -0.15) is 0 Å². The number of rotatable bonds is 11. The van der Waals surface area contributed by atoms with Crippen molar-refractivity contribution < 1.29 is 18.7 Å². The third-order valence-corrected chi connectivity index (χ3v) is 5.64. The number of hydrogen-bond donors (Lipinski definition) is 1. The number of methoxy groups -OCH3 is 1. The Bertz CT molecular complexity index is 829. The van der Waals surface area contributed by atoms with Crippen LogP contribution in [-0.4, -0.2) is 42.2 Å². The number of nitrogens with one attached hydrogen (secondary N) is 1. The summed E-state index contributed by atoms with van der Waals surface area (Å²) in [5.41, 5.74) is 1.46. The minimum Gasteiger partial charge on any atom is -0.497 e. The molecule has 2 aromatic rings. The molecule has 0 aliphatic rings. The predicted molar refractivity (Wildman–Crippen MR) is 119 cm³/mol.